The Morgan fingerprint density at radius 1 is 1.33 bits per heavy atom. The fourth-order valence-corrected chi connectivity index (χ4v) is 5.24. The zero-order valence-electron chi connectivity index (χ0n) is 16.2. The summed E-state index contributed by atoms with van der Waals surface area (Å²) < 4.78 is 4.90. The first kappa shape index (κ1) is 18.1. The number of nitrogens with zero attached hydrogens (tertiary/aromatic N) is 1. The van der Waals surface area contributed by atoms with Crippen molar-refractivity contribution in [3.63, 3.8) is 0 Å². The second-order valence-electron chi connectivity index (χ2n) is 7.95. The lowest BCUT2D eigenvalue weighted by molar-refractivity contribution is -0.147. The quantitative estimate of drug-likeness (QED) is 0.826. The highest BCUT2D eigenvalue weighted by molar-refractivity contribution is 5.86. The van der Waals surface area contributed by atoms with E-state index in [1.807, 2.05) is 6.07 Å². The number of fused-ring (bicyclic) bond motifs is 5. The molecule has 4 rings (SSSR count). The number of carbonyl (C=O) groups excluding carboxylic acids is 2. The largest absolute Gasteiger partial charge is 0.469 e. The molecule has 3 heterocycles. The van der Waals surface area contributed by atoms with Gasteiger partial charge in [0.2, 0.25) is 5.91 Å². The van der Waals surface area contributed by atoms with Crippen LogP contribution in [-0.4, -0.2) is 35.4 Å². The molecule has 27 heavy (non-hydrogen) atoms. The Bertz CT molecular complexity index is 872. The highest BCUT2D eigenvalue weighted by Crippen LogP contribution is 2.53. The van der Waals surface area contributed by atoms with Crippen LogP contribution in [0.4, 0.5) is 0 Å². The summed E-state index contributed by atoms with van der Waals surface area (Å²) in [5.74, 6) is 0.0745. The van der Waals surface area contributed by atoms with Gasteiger partial charge in [-0.25, -0.2) is 0 Å². The first-order valence-electron chi connectivity index (χ1n) is 10.1. The molecule has 2 atom stereocenters. The summed E-state index contributed by atoms with van der Waals surface area (Å²) in [7, 11) is 1.44. The molecule has 5 nitrogen and oxygen atoms in total. The number of aromatic amines is 1. The topological polar surface area (TPSA) is 62.4 Å². The smallest absolute Gasteiger partial charge is 0.305 e. The predicted octanol–water partition coefficient (Wildman–Crippen LogP) is 4.13. The number of hydrogen-bond acceptors (Lipinski definition) is 3. The van der Waals surface area contributed by atoms with Gasteiger partial charge in [-0.05, 0) is 49.1 Å². The van der Waals surface area contributed by atoms with Crippen molar-refractivity contribution in [3.05, 3.63) is 35.5 Å². The van der Waals surface area contributed by atoms with Gasteiger partial charge in [0.05, 0.1) is 13.2 Å². The van der Waals surface area contributed by atoms with E-state index in [1.54, 1.807) is 0 Å². The average Bonchev–Trinajstić information content (AvgIpc) is 2.94. The SMILES string of the molecule is CC[C@]1(CCC(=O)OC)CCC(=O)N2CCCc3c([nH]c4ccccc34)[C@H]21. The number of benzene rings is 1. The monoisotopic (exact) mass is 368 g/mol. The number of H-pyrrole nitrogens is 1. The number of piperidine rings is 1. The third kappa shape index (κ3) is 2.93. The Labute approximate surface area is 160 Å². The first-order valence-corrected chi connectivity index (χ1v) is 10.1. The minimum Gasteiger partial charge on any atom is -0.469 e. The second-order valence-corrected chi connectivity index (χ2v) is 7.95. The number of aromatic nitrogens is 1. The molecular weight excluding hydrogens is 340 g/mol. The van der Waals surface area contributed by atoms with Crippen LogP contribution in [0.25, 0.3) is 10.9 Å². The van der Waals surface area contributed by atoms with Gasteiger partial charge in [-0.2, -0.15) is 0 Å². The Balaban J connectivity index is 1.83. The summed E-state index contributed by atoms with van der Waals surface area (Å²) in [4.78, 5) is 30.5. The molecule has 2 aliphatic rings. The molecule has 0 radical (unpaired) electrons. The van der Waals surface area contributed by atoms with Crippen molar-refractivity contribution < 1.29 is 14.3 Å². The van der Waals surface area contributed by atoms with Crippen LogP contribution in [0.1, 0.15) is 62.7 Å². The van der Waals surface area contributed by atoms with Crippen molar-refractivity contribution in [2.75, 3.05) is 13.7 Å². The van der Waals surface area contributed by atoms with Crippen LogP contribution in [0.3, 0.4) is 0 Å². The molecule has 0 spiro atoms. The zero-order valence-corrected chi connectivity index (χ0v) is 16.2. The van der Waals surface area contributed by atoms with Gasteiger partial charge >= 0.3 is 5.97 Å². The molecule has 1 aromatic carbocycles. The van der Waals surface area contributed by atoms with Crippen molar-refractivity contribution >= 4 is 22.8 Å². The molecule has 144 valence electrons. The van der Waals surface area contributed by atoms with Crippen molar-refractivity contribution in [1.82, 2.24) is 9.88 Å². The molecule has 0 aliphatic carbocycles. The van der Waals surface area contributed by atoms with E-state index >= 15 is 0 Å². The summed E-state index contributed by atoms with van der Waals surface area (Å²) in [5.41, 5.74) is 3.58. The fraction of sp³-hybridized carbons (Fsp3) is 0.545. The second kappa shape index (κ2) is 7.02. The van der Waals surface area contributed by atoms with Crippen molar-refractivity contribution in [3.8, 4) is 0 Å². The maximum absolute atomic E-state index is 12.8. The number of methoxy groups -OCH3 is 1. The molecule has 0 unspecified atom stereocenters. The summed E-state index contributed by atoms with van der Waals surface area (Å²) in [6.45, 7) is 2.98. The molecule has 2 aliphatic heterocycles. The van der Waals surface area contributed by atoms with Crippen LogP contribution < -0.4 is 0 Å². The molecule has 2 aromatic rings. The number of amides is 1. The number of para-hydroxylation sites is 1. The normalized spacial score (nSPS) is 25.0. The molecular formula is C22H28N2O3. The molecule has 1 N–H and O–H groups in total. The number of carbonyl (C=O) groups is 2. The minimum atomic E-state index is -0.170. The molecule has 1 fully saturated rings. The molecule has 0 bridgehead atoms. The Morgan fingerprint density at radius 2 is 2.15 bits per heavy atom. The van der Waals surface area contributed by atoms with Crippen molar-refractivity contribution in [2.45, 2.75) is 57.9 Å². The predicted molar refractivity (Wildman–Crippen MR) is 104 cm³/mol. The van der Waals surface area contributed by atoms with E-state index in [0.717, 1.165) is 44.2 Å². The van der Waals surface area contributed by atoms with E-state index in [1.165, 1.54) is 23.8 Å². The van der Waals surface area contributed by atoms with Crippen molar-refractivity contribution in [1.29, 1.82) is 0 Å². The Hall–Kier alpha value is -2.30. The number of nitrogens with one attached hydrogen (secondary N) is 1. The highest BCUT2D eigenvalue weighted by Gasteiger charge is 2.49. The number of esters is 1. The summed E-state index contributed by atoms with van der Waals surface area (Å²) in [5, 5.41) is 1.27. The van der Waals surface area contributed by atoms with Gasteiger partial charge in [-0.15, -0.1) is 0 Å². The average molecular weight is 368 g/mol. The van der Waals surface area contributed by atoms with Crippen molar-refractivity contribution in [2.24, 2.45) is 5.41 Å². The van der Waals surface area contributed by atoms with Crippen LogP contribution in [-0.2, 0) is 20.7 Å². The van der Waals surface area contributed by atoms with Crippen LogP contribution in [0.5, 0.6) is 0 Å². The third-order valence-corrected chi connectivity index (χ3v) is 6.75. The number of aryl methyl sites for hydroxylation is 1. The molecule has 5 heteroatoms. The van der Waals surface area contributed by atoms with Gasteiger partial charge in [0, 0.05) is 36.0 Å². The Morgan fingerprint density at radius 3 is 2.93 bits per heavy atom. The van der Waals surface area contributed by atoms with Gasteiger partial charge in [0.25, 0.3) is 0 Å². The molecule has 1 saturated heterocycles. The summed E-state index contributed by atoms with van der Waals surface area (Å²) in [6, 6.07) is 8.42. The fourth-order valence-electron chi connectivity index (χ4n) is 5.24. The lowest BCUT2D eigenvalue weighted by Crippen LogP contribution is -2.49. The maximum Gasteiger partial charge on any atom is 0.305 e. The van der Waals surface area contributed by atoms with Crippen LogP contribution >= 0.6 is 0 Å². The van der Waals surface area contributed by atoms with Crippen LogP contribution in [0.2, 0.25) is 0 Å². The molecule has 1 aromatic heterocycles. The summed E-state index contributed by atoms with van der Waals surface area (Å²) >= 11 is 0. The summed E-state index contributed by atoms with van der Waals surface area (Å²) in [6.07, 6.45) is 5.45. The van der Waals surface area contributed by atoms with Crippen LogP contribution in [0, 0.1) is 5.41 Å². The number of rotatable bonds is 4. The minimum absolute atomic E-state index is 0.0123. The van der Waals surface area contributed by atoms with E-state index in [9.17, 15) is 9.59 Å². The molecule has 1 amide bonds. The number of hydrogen-bond donors (Lipinski definition) is 1. The van der Waals surface area contributed by atoms with Gasteiger partial charge in [0.15, 0.2) is 0 Å². The van der Waals surface area contributed by atoms with E-state index in [-0.39, 0.29) is 23.3 Å². The first-order chi connectivity index (χ1) is 13.1. The van der Waals surface area contributed by atoms with E-state index in [4.69, 9.17) is 4.74 Å². The maximum atomic E-state index is 12.8. The van der Waals surface area contributed by atoms with Crippen LogP contribution in [0.15, 0.2) is 24.3 Å². The zero-order chi connectivity index (χ0) is 19.0. The van der Waals surface area contributed by atoms with Gasteiger partial charge < -0.3 is 14.6 Å². The molecule has 0 saturated carbocycles. The van der Waals surface area contributed by atoms with Gasteiger partial charge in [0.1, 0.15) is 0 Å². The standard InChI is InChI=1S/C22H28N2O3/c1-3-22(13-11-19(26)27-2)12-10-18(25)24-14-6-8-16-15-7-4-5-9-17(15)23-20(16)21(22)24/h4-5,7,9,21,23H,3,6,8,10-14H2,1-2H3/t21-,22+/m0/s1. The van der Waals surface area contributed by atoms with Gasteiger partial charge in [-0.3, -0.25) is 9.59 Å². The van der Waals surface area contributed by atoms with E-state index < -0.39 is 0 Å². The highest BCUT2D eigenvalue weighted by atomic mass is 16.5. The lowest BCUT2D eigenvalue weighted by atomic mass is 9.66. The van der Waals surface area contributed by atoms with E-state index in [0.29, 0.717) is 12.8 Å². The third-order valence-electron chi connectivity index (χ3n) is 6.75. The lowest BCUT2D eigenvalue weighted by Gasteiger charge is -2.49. The van der Waals surface area contributed by atoms with E-state index in [2.05, 4.69) is 35.0 Å². The number of ether oxygens (including phenoxy) is 1. The van der Waals surface area contributed by atoms with Gasteiger partial charge in [-0.1, -0.05) is 25.1 Å². The Kier molecular flexibility index (Phi) is 4.70.